The fourth-order valence-corrected chi connectivity index (χ4v) is 2.19. The summed E-state index contributed by atoms with van der Waals surface area (Å²) in [5.41, 5.74) is 0.817. The van der Waals surface area contributed by atoms with Gasteiger partial charge in [0, 0.05) is 11.8 Å². The number of carbonyl (C=O) groups is 1. The second-order valence-electron chi connectivity index (χ2n) is 4.32. The molecule has 20 heavy (non-hydrogen) atoms. The van der Waals surface area contributed by atoms with Crippen LogP contribution in [0.3, 0.4) is 0 Å². The van der Waals surface area contributed by atoms with Crippen LogP contribution >= 0.6 is 11.3 Å². The predicted octanol–water partition coefficient (Wildman–Crippen LogP) is 3.76. The monoisotopic (exact) mass is 292 g/mol. The second kappa shape index (κ2) is 6.38. The molecule has 2 N–H and O–H groups in total. The highest BCUT2D eigenvalue weighted by atomic mass is 32.1. The number of nitrogens with one attached hydrogen (secondary N) is 1. The van der Waals surface area contributed by atoms with Crippen molar-refractivity contribution in [3.63, 3.8) is 0 Å². The van der Waals surface area contributed by atoms with Crippen LogP contribution in [0.1, 0.15) is 29.9 Å². The van der Waals surface area contributed by atoms with Crippen LogP contribution in [0.25, 0.3) is 0 Å². The van der Waals surface area contributed by atoms with Crippen LogP contribution in [-0.4, -0.2) is 22.2 Å². The van der Waals surface area contributed by atoms with Gasteiger partial charge in [-0.05, 0) is 25.5 Å². The maximum atomic E-state index is 10.8. The molecule has 0 fully saturated rings. The Labute approximate surface area is 121 Å². The summed E-state index contributed by atoms with van der Waals surface area (Å²) in [6.07, 6.45) is 2.43. The number of carboxylic acid groups (broad SMARTS) is 1. The zero-order valence-corrected chi connectivity index (χ0v) is 12.1. The Morgan fingerprint density at radius 1 is 1.55 bits per heavy atom. The number of hydrogen-bond acceptors (Lipinski definition) is 5. The van der Waals surface area contributed by atoms with Crippen molar-refractivity contribution in [3.8, 4) is 5.75 Å². The summed E-state index contributed by atoms with van der Waals surface area (Å²) < 4.78 is 5.73. The predicted molar refractivity (Wildman–Crippen MR) is 79.2 cm³/mol. The first kappa shape index (κ1) is 14.3. The van der Waals surface area contributed by atoms with Crippen molar-refractivity contribution in [1.29, 1.82) is 0 Å². The van der Waals surface area contributed by atoms with E-state index < -0.39 is 5.97 Å². The Kier molecular flexibility index (Phi) is 4.57. The van der Waals surface area contributed by atoms with E-state index in [1.54, 1.807) is 0 Å². The van der Waals surface area contributed by atoms with Crippen LogP contribution in [0.15, 0.2) is 30.5 Å². The number of ether oxygens (including phenoxy) is 1. The molecule has 0 amide bonds. The van der Waals surface area contributed by atoms with Gasteiger partial charge < -0.3 is 15.2 Å². The van der Waals surface area contributed by atoms with E-state index in [1.165, 1.54) is 6.20 Å². The van der Waals surface area contributed by atoms with Crippen LogP contribution in [0.4, 0.5) is 10.8 Å². The average Bonchev–Trinajstić information content (AvgIpc) is 2.87. The van der Waals surface area contributed by atoms with E-state index in [9.17, 15) is 4.79 Å². The van der Waals surface area contributed by atoms with Crippen molar-refractivity contribution < 1.29 is 14.6 Å². The van der Waals surface area contributed by atoms with Crippen molar-refractivity contribution in [1.82, 2.24) is 4.98 Å². The zero-order valence-electron chi connectivity index (χ0n) is 11.3. The minimum absolute atomic E-state index is 0.156. The molecule has 1 atom stereocenters. The Hall–Kier alpha value is -2.08. The van der Waals surface area contributed by atoms with Gasteiger partial charge in [-0.3, -0.25) is 0 Å². The first-order chi connectivity index (χ1) is 9.58. The molecule has 0 radical (unpaired) electrons. The zero-order chi connectivity index (χ0) is 14.5. The SMILES string of the molecule is CCC(C)Oc1cccc(Nc2ncc(C(=O)O)s2)c1. The first-order valence-electron chi connectivity index (χ1n) is 6.31. The number of nitrogens with zero attached hydrogens (tertiary/aromatic N) is 1. The lowest BCUT2D eigenvalue weighted by atomic mass is 10.3. The van der Waals surface area contributed by atoms with Gasteiger partial charge >= 0.3 is 5.97 Å². The molecule has 2 aromatic rings. The Morgan fingerprint density at radius 2 is 2.35 bits per heavy atom. The lowest BCUT2D eigenvalue weighted by Gasteiger charge is -2.13. The molecule has 5 nitrogen and oxygen atoms in total. The Balaban J connectivity index is 2.08. The topological polar surface area (TPSA) is 71.5 Å². The van der Waals surface area contributed by atoms with Crippen molar-refractivity contribution >= 4 is 28.1 Å². The Morgan fingerprint density at radius 3 is 3.00 bits per heavy atom. The van der Waals surface area contributed by atoms with Gasteiger partial charge in [-0.1, -0.05) is 24.3 Å². The van der Waals surface area contributed by atoms with Crippen LogP contribution in [0.2, 0.25) is 0 Å². The summed E-state index contributed by atoms with van der Waals surface area (Å²) in [4.78, 5) is 15.0. The van der Waals surface area contributed by atoms with E-state index in [0.29, 0.717) is 5.13 Å². The lowest BCUT2D eigenvalue weighted by molar-refractivity contribution is 0.0702. The lowest BCUT2D eigenvalue weighted by Crippen LogP contribution is -2.09. The molecular formula is C14H16N2O3S. The molecule has 2 rings (SSSR count). The normalized spacial score (nSPS) is 11.9. The van der Waals surface area contributed by atoms with Gasteiger partial charge in [0.15, 0.2) is 5.13 Å². The van der Waals surface area contributed by atoms with Crippen LogP contribution < -0.4 is 10.1 Å². The third-order valence-electron chi connectivity index (χ3n) is 2.71. The van der Waals surface area contributed by atoms with E-state index in [4.69, 9.17) is 9.84 Å². The molecule has 0 saturated heterocycles. The van der Waals surface area contributed by atoms with E-state index in [2.05, 4.69) is 17.2 Å². The summed E-state index contributed by atoms with van der Waals surface area (Å²) in [6.45, 7) is 4.08. The summed E-state index contributed by atoms with van der Waals surface area (Å²) >= 11 is 1.10. The summed E-state index contributed by atoms with van der Waals surface area (Å²) in [5.74, 6) is -0.191. The summed E-state index contributed by atoms with van der Waals surface area (Å²) in [5, 5.41) is 12.5. The number of thiazole rings is 1. The van der Waals surface area contributed by atoms with Crippen molar-refractivity contribution in [2.45, 2.75) is 26.4 Å². The number of rotatable bonds is 6. The molecule has 106 valence electrons. The number of aromatic nitrogens is 1. The molecule has 6 heteroatoms. The van der Waals surface area contributed by atoms with Gasteiger partial charge in [0.2, 0.25) is 0 Å². The molecule has 0 spiro atoms. The number of aromatic carboxylic acids is 1. The highest BCUT2D eigenvalue weighted by Gasteiger charge is 2.09. The fourth-order valence-electron chi connectivity index (χ4n) is 1.52. The molecule has 1 aromatic heterocycles. The molecule has 0 aliphatic rings. The molecule has 0 bridgehead atoms. The maximum Gasteiger partial charge on any atom is 0.347 e. The minimum atomic E-state index is -0.968. The van der Waals surface area contributed by atoms with Crippen molar-refractivity contribution in [3.05, 3.63) is 35.3 Å². The first-order valence-corrected chi connectivity index (χ1v) is 7.13. The fraction of sp³-hybridized carbons (Fsp3) is 0.286. The van der Waals surface area contributed by atoms with Crippen LogP contribution in [0.5, 0.6) is 5.75 Å². The summed E-state index contributed by atoms with van der Waals surface area (Å²) in [6, 6.07) is 7.52. The van der Waals surface area contributed by atoms with E-state index >= 15 is 0 Å². The molecule has 0 saturated carbocycles. The number of hydrogen-bond donors (Lipinski definition) is 2. The Bertz CT molecular complexity index is 598. The van der Waals surface area contributed by atoms with E-state index in [0.717, 1.165) is 29.2 Å². The standard InChI is InChI=1S/C14H16N2O3S/c1-3-9(2)19-11-6-4-5-10(7-11)16-14-15-8-12(20-14)13(17)18/h4-9H,3H2,1-2H3,(H,15,16)(H,17,18). The summed E-state index contributed by atoms with van der Waals surface area (Å²) in [7, 11) is 0. The van der Waals surface area contributed by atoms with Crippen molar-refractivity contribution in [2.24, 2.45) is 0 Å². The number of benzene rings is 1. The largest absolute Gasteiger partial charge is 0.491 e. The van der Waals surface area contributed by atoms with Crippen LogP contribution in [0, 0.1) is 0 Å². The highest BCUT2D eigenvalue weighted by molar-refractivity contribution is 7.17. The second-order valence-corrected chi connectivity index (χ2v) is 5.36. The minimum Gasteiger partial charge on any atom is -0.491 e. The van der Waals surface area contributed by atoms with Gasteiger partial charge in [0.05, 0.1) is 12.3 Å². The maximum absolute atomic E-state index is 10.8. The molecule has 1 unspecified atom stereocenters. The van der Waals surface area contributed by atoms with E-state index in [1.807, 2.05) is 31.2 Å². The van der Waals surface area contributed by atoms with E-state index in [-0.39, 0.29) is 11.0 Å². The van der Waals surface area contributed by atoms with Gasteiger partial charge in [-0.2, -0.15) is 0 Å². The third kappa shape index (κ3) is 3.71. The van der Waals surface area contributed by atoms with Gasteiger partial charge in [-0.15, -0.1) is 0 Å². The number of anilines is 2. The highest BCUT2D eigenvalue weighted by Crippen LogP contribution is 2.25. The average molecular weight is 292 g/mol. The van der Waals surface area contributed by atoms with Gasteiger partial charge in [0.25, 0.3) is 0 Å². The molecule has 1 aromatic carbocycles. The quantitative estimate of drug-likeness (QED) is 0.848. The van der Waals surface area contributed by atoms with Gasteiger partial charge in [-0.25, -0.2) is 9.78 Å². The molecule has 0 aliphatic heterocycles. The smallest absolute Gasteiger partial charge is 0.347 e. The number of carboxylic acids is 1. The van der Waals surface area contributed by atoms with Crippen LogP contribution in [-0.2, 0) is 0 Å². The molecular weight excluding hydrogens is 276 g/mol. The van der Waals surface area contributed by atoms with Crippen molar-refractivity contribution in [2.75, 3.05) is 5.32 Å². The molecule has 1 heterocycles. The molecule has 0 aliphatic carbocycles. The van der Waals surface area contributed by atoms with Gasteiger partial charge in [0.1, 0.15) is 10.6 Å². The third-order valence-corrected chi connectivity index (χ3v) is 3.61.